The van der Waals surface area contributed by atoms with E-state index in [2.05, 4.69) is 10.5 Å². The highest BCUT2D eigenvalue weighted by Crippen LogP contribution is 1.77. The molecule has 1 N–H and O–H groups in total. The van der Waals surface area contributed by atoms with Crippen molar-refractivity contribution < 1.29 is 9.00 Å². The number of hydrogen-bond donors (Lipinski definition) is 1. The van der Waals surface area contributed by atoms with Crippen molar-refractivity contribution in [1.29, 1.82) is 0 Å². The van der Waals surface area contributed by atoms with Crippen LogP contribution < -0.4 is 5.43 Å². The van der Waals surface area contributed by atoms with E-state index in [0.29, 0.717) is 0 Å². The number of nitrogens with one attached hydrogen (secondary N) is 1. The number of hydrazone groups is 1. The molecule has 4 nitrogen and oxygen atoms in total. The second-order valence-electron chi connectivity index (χ2n) is 1.15. The molecule has 1 rings (SSSR count). The molecule has 0 aromatic carbocycles. The summed E-state index contributed by atoms with van der Waals surface area (Å²) in [7, 11) is 0. The van der Waals surface area contributed by atoms with Gasteiger partial charge in [-0.05, 0) is 0 Å². The standard InChI is InChI=1S/C3H2N2O2S/c6-2-1-4-5-3(2)8-7/h1,5H. The minimum absolute atomic E-state index is 0.0463. The molecule has 0 saturated carbocycles. The quantitative estimate of drug-likeness (QED) is 0.405. The van der Waals surface area contributed by atoms with Gasteiger partial charge in [0, 0.05) is 0 Å². The highest BCUT2D eigenvalue weighted by atomic mass is 32.1. The summed E-state index contributed by atoms with van der Waals surface area (Å²) in [6.07, 6.45) is 1.07. The number of Topliss-reactive ketones (excluding diaryl/α,β-unsaturated/α-hetero) is 1. The summed E-state index contributed by atoms with van der Waals surface area (Å²) in [5.41, 5.74) is 2.24. The van der Waals surface area contributed by atoms with Crippen LogP contribution in [0.15, 0.2) is 5.10 Å². The molecule has 0 aromatic rings. The van der Waals surface area contributed by atoms with Crippen LogP contribution in [0, 0.1) is 0 Å². The van der Waals surface area contributed by atoms with E-state index in [1.807, 2.05) is 0 Å². The van der Waals surface area contributed by atoms with E-state index in [4.69, 9.17) is 0 Å². The maximum absolute atomic E-state index is 10.3. The molecule has 1 aliphatic heterocycles. The van der Waals surface area contributed by atoms with Gasteiger partial charge in [-0.15, -0.1) is 0 Å². The van der Waals surface area contributed by atoms with Gasteiger partial charge in [-0.2, -0.15) is 5.10 Å². The Kier molecular flexibility index (Phi) is 1.21. The van der Waals surface area contributed by atoms with Crippen molar-refractivity contribution in [2.75, 3.05) is 0 Å². The summed E-state index contributed by atoms with van der Waals surface area (Å²) in [5.74, 6) is -0.343. The molecule has 8 heavy (non-hydrogen) atoms. The van der Waals surface area contributed by atoms with Crippen LogP contribution in [0.5, 0.6) is 0 Å². The predicted octanol–water partition coefficient (Wildman–Crippen LogP) is -1.51. The molecule has 0 bridgehead atoms. The lowest BCUT2D eigenvalue weighted by Gasteiger charge is -1.80. The van der Waals surface area contributed by atoms with Crippen molar-refractivity contribution in [3.63, 3.8) is 0 Å². The zero-order chi connectivity index (χ0) is 5.98. The topological polar surface area (TPSA) is 58.5 Å². The van der Waals surface area contributed by atoms with E-state index >= 15 is 0 Å². The van der Waals surface area contributed by atoms with Crippen molar-refractivity contribution in [3.8, 4) is 0 Å². The van der Waals surface area contributed by atoms with Gasteiger partial charge in [0.15, 0.2) is 4.99 Å². The lowest BCUT2D eigenvalue weighted by Crippen LogP contribution is -2.19. The smallest absolute Gasteiger partial charge is 0.236 e. The van der Waals surface area contributed by atoms with Gasteiger partial charge in [0.1, 0.15) is 11.3 Å². The molecule has 5 heteroatoms. The Bertz CT molecular complexity index is 203. The van der Waals surface area contributed by atoms with Gasteiger partial charge in [0.2, 0.25) is 5.78 Å². The van der Waals surface area contributed by atoms with Crippen LogP contribution in [-0.2, 0) is 16.1 Å². The first-order chi connectivity index (χ1) is 3.84. The highest BCUT2D eigenvalue weighted by molar-refractivity contribution is 7.68. The third-order valence-electron chi connectivity index (χ3n) is 0.655. The van der Waals surface area contributed by atoms with Gasteiger partial charge in [-0.1, -0.05) is 0 Å². The summed E-state index contributed by atoms with van der Waals surface area (Å²) in [6.45, 7) is 0. The van der Waals surface area contributed by atoms with Crippen LogP contribution in [0.4, 0.5) is 0 Å². The van der Waals surface area contributed by atoms with E-state index in [1.54, 1.807) is 0 Å². The molecular weight excluding hydrogens is 128 g/mol. The third kappa shape index (κ3) is 0.671. The van der Waals surface area contributed by atoms with Gasteiger partial charge in [0.05, 0.1) is 6.21 Å². The number of ketones is 1. The van der Waals surface area contributed by atoms with Gasteiger partial charge in [0.25, 0.3) is 0 Å². The molecule has 0 unspecified atom stereocenters. The van der Waals surface area contributed by atoms with Crippen LogP contribution in [0.2, 0.25) is 0 Å². The first-order valence-corrected chi connectivity index (χ1v) is 2.59. The van der Waals surface area contributed by atoms with Crippen LogP contribution in [0.3, 0.4) is 0 Å². The second kappa shape index (κ2) is 1.87. The van der Waals surface area contributed by atoms with Gasteiger partial charge < -0.3 is 0 Å². The monoisotopic (exact) mass is 130 g/mol. The lowest BCUT2D eigenvalue weighted by atomic mass is 10.5. The van der Waals surface area contributed by atoms with Gasteiger partial charge in [-0.3, -0.25) is 10.2 Å². The molecule has 0 atom stereocenters. The van der Waals surface area contributed by atoms with Crippen LogP contribution >= 0.6 is 0 Å². The molecule has 0 spiro atoms. The van der Waals surface area contributed by atoms with Gasteiger partial charge >= 0.3 is 0 Å². The molecule has 0 saturated heterocycles. The SMILES string of the molecule is O=S=C1NN=CC1=O. The summed E-state index contributed by atoms with van der Waals surface area (Å²) in [5, 5.41) is 3.33. The summed E-state index contributed by atoms with van der Waals surface area (Å²) in [4.78, 5) is 10.4. The van der Waals surface area contributed by atoms with Crippen LogP contribution in [-0.4, -0.2) is 21.2 Å². The normalized spacial score (nSPS) is 16.5. The first kappa shape index (κ1) is 5.17. The molecule has 0 fully saturated rings. The lowest BCUT2D eigenvalue weighted by molar-refractivity contribution is -0.106. The molecule has 42 valence electrons. The third-order valence-corrected chi connectivity index (χ3v) is 1.11. The zero-order valence-corrected chi connectivity index (χ0v) is 4.57. The molecule has 1 aliphatic rings. The number of nitrogens with zero attached hydrogens (tertiary/aromatic N) is 1. The zero-order valence-electron chi connectivity index (χ0n) is 3.75. The fourth-order valence-electron chi connectivity index (χ4n) is 0.323. The molecule has 0 aliphatic carbocycles. The minimum atomic E-state index is -0.343. The molecule has 0 aromatic heterocycles. The Morgan fingerprint density at radius 2 is 2.50 bits per heavy atom. The first-order valence-electron chi connectivity index (χ1n) is 1.85. The predicted molar refractivity (Wildman–Crippen MR) is 29.8 cm³/mol. The van der Waals surface area contributed by atoms with E-state index < -0.39 is 0 Å². The Labute approximate surface area is 48.7 Å². The Balaban J connectivity index is 2.95. The number of rotatable bonds is 0. The van der Waals surface area contributed by atoms with E-state index in [0.717, 1.165) is 6.21 Å². The van der Waals surface area contributed by atoms with E-state index in [1.165, 1.54) is 0 Å². The number of carbonyl (C=O) groups excluding carboxylic acids is 1. The van der Waals surface area contributed by atoms with E-state index in [-0.39, 0.29) is 22.0 Å². The average molecular weight is 130 g/mol. The van der Waals surface area contributed by atoms with Gasteiger partial charge in [-0.25, -0.2) is 4.21 Å². The Morgan fingerprint density at radius 3 is 2.75 bits per heavy atom. The van der Waals surface area contributed by atoms with Crippen LogP contribution in [0.1, 0.15) is 0 Å². The summed E-state index contributed by atoms with van der Waals surface area (Å²) < 4.78 is 9.86. The van der Waals surface area contributed by atoms with Crippen molar-refractivity contribution in [2.45, 2.75) is 0 Å². The molecule has 0 radical (unpaired) electrons. The largest absolute Gasteiger partial charge is 0.285 e. The highest BCUT2D eigenvalue weighted by Gasteiger charge is 2.11. The summed E-state index contributed by atoms with van der Waals surface area (Å²) in [6, 6.07) is 0. The molecule has 0 amide bonds. The van der Waals surface area contributed by atoms with Crippen molar-refractivity contribution in [3.05, 3.63) is 0 Å². The minimum Gasteiger partial charge on any atom is -0.285 e. The Morgan fingerprint density at radius 1 is 1.75 bits per heavy atom. The maximum Gasteiger partial charge on any atom is 0.236 e. The second-order valence-corrected chi connectivity index (χ2v) is 1.72. The van der Waals surface area contributed by atoms with Crippen molar-refractivity contribution >= 4 is 28.2 Å². The van der Waals surface area contributed by atoms with Crippen molar-refractivity contribution in [2.24, 2.45) is 5.10 Å². The average Bonchev–Trinajstić information content (AvgIpc) is 2.14. The van der Waals surface area contributed by atoms with Crippen LogP contribution in [0.25, 0.3) is 0 Å². The summed E-state index contributed by atoms with van der Waals surface area (Å²) >= 11 is 0.122. The Hall–Kier alpha value is -0.970. The van der Waals surface area contributed by atoms with E-state index in [9.17, 15) is 9.00 Å². The number of carbonyl (C=O) groups is 1. The van der Waals surface area contributed by atoms with Crippen molar-refractivity contribution in [1.82, 2.24) is 5.43 Å². The fourth-order valence-corrected chi connectivity index (χ4v) is 0.548. The maximum atomic E-state index is 10.3. The molecular formula is C3H2N2O2S. The number of hydrogen-bond acceptors (Lipinski definition) is 3. The fraction of sp³-hybridized carbons (Fsp3) is 0. The molecule has 1 heterocycles.